The number of aromatic nitrogens is 4. The van der Waals surface area contributed by atoms with Crippen LogP contribution in [0.2, 0.25) is 0 Å². The van der Waals surface area contributed by atoms with Crippen LogP contribution < -0.4 is 5.32 Å². The van der Waals surface area contributed by atoms with E-state index in [0.717, 1.165) is 52.7 Å². The maximum atomic E-state index is 4.77. The summed E-state index contributed by atoms with van der Waals surface area (Å²) in [7, 11) is 0. The van der Waals surface area contributed by atoms with E-state index in [-0.39, 0.29) is 6.04 Å². The van der Waals surface area contributed by atoms with Crippen LogP contribution in [0.25, 0.3) is 0 Å². The summed E-state index contributed by atoms with van der Waals surface area (Å²) in [5, 5.41) is 9.35. The molecule has 0 spiro atoms. The summed E-state index contributed by atoms with van der Waals surface area (Å²) in [4.78, 5) is 20.8. The standard InChI is InChI=1S/C17H20N6S2/c1-11-8-15(22-17-18-5-7-24-17)21-16(19-11)14-4-3-6-23(14)9-13-10-25-12(2)20-13/h5,7-8,10,14H,3-4,6,9H2,1-2H3,(H,18,19,21,22). The first-order valence-electron chi connectivity index (χ1n) is 8.34. The van der Waals surface area contributed by atoms with Gasteiger partial charge in [-0.3, -0.25) is 4.90 Å². The van der Waals surface area contributed by atoms with Gasteiger partial charge in [-0.1, -0.05) is 0 Å². The summed E-state index contributed by atoms with van der Waals surface area (Å²) in [6, 6.07) is 2.22. The molecule has 0 radical (unpaired) electrons. The van der Waals surface area contributed by atoms with Gasteiger partial charge in [0.15, 0.2) is 5.13 Å². The fourth-order valence-corrected chi connectivity index (χ4v) is 4.34. The second kappa shape index (κ2) is 7.15. The number of anilines is 2. The highest BCUT2D eigenvalue weighted by Crippen LogP contribution is 2.32. The monoisotopic (exact) mass is 372 g/mol. The lowest BCUT2D eigenvalue weighted by molar-refractivity contribution is 0.237. The van der Waals surface area contributed by atoms with E-state index >= 15 is 0 Å². The fraction of sp³-hybridized carbons (Fsp3) is 0.412. The molecular weight excluding hydrogens is 352 g/mol. The largest absolute Gasteiger partial charge is 0.316 e. The Hall–Kier alpha value is -1.90. The molecule has 0 aromatic carbocycles. The van der Waals surface area contributed by atoms with Crippen molar-refractivity contribution in [2.24, 2.45) is 0 Å². The Morgan fingerprint density at radius 1 is 1.24 bits per heavy atom. The SMILES string of the molecule is Cc1cc(Nc2nccs2)nc(C2CCCN2Cc2csc(C)n2)n1. The molecule has 1 atom stereocenters. The van der Waals surface area contributed by atoms with Crippen LogP contribution in [-0.2, 0) is 6.54 Å². The van der Waals surface area contributed by atoms with E-state index in [0.29, 0.717) is 0 Å². The highest BCUT2D eigenvalue weighted by molar-refractivity contribution is 7.13. The minimum Gasteiger partial charge on any atom is -0.316 e. The summed E-state index contributed by atoms with van der Waals surface area (Å²) in [5.41, 5.74) is 2.11. The fourth-order valence-electron chi connectivity index (χ4n) is 3.20. The van der Waals surface area contributed by atoms with Crippen LogP contribution >= 0.6 is 22.7 Å². The number of nitrogens with one attached hydrogen (secondary N) is 1. The Bertz CT molecular complexity index is 845. The average Bonchev–Trinajstić information content (AvgIpc) is 3.30. The second-order valence-electron chi connectivity index (χ2n) is 6.20. The van der Waals surface area contributed by atoms with Crippen LogP contribution in [0.1, 0.15) is 41.1 Å². The van der Waals surface area contributed by atoms with Gasteiger partial charge in [0.2, 0.25) is 0 Å². The molecule has 8 heteroatoms. The Labute approximate surface area is 155 Å². The quantitative estimate of drug-likeness (QED) is 0.728. The maximum absolute atomic E-state index is 4.77. The molecule has 6 nitrogen and oxygen atoms in total. The molecule has 1 aliphatic rings. The molecule has 25 heavy (non-hydrogen) atoms. The molecule has 1 fully saturated rings. The molecular formula is C17H20N6S2. The number of hydrogen-bond donors (Lipinski definition) is 1. The number of rotatable bonds is 5. The molecule has 0 bridgehead atoms. The topological polar surface area (TPSA) is 66.8 Å². The molecule has 0 aliphatic carbocycles. The van der Waals surface area contributed by atoms with E-state index in [2.05, 4.69) is 32.5 Å². The molecule has 1 N–H and O–H groups in total. The molecule has 130 valence electrons. The highest BCUT2D eigenvalue weighted by Gasteiger charge is 2.29. The molecule has 1 unspecified atom stereocenters. The minimum absolute atomic E-state index is 0.249. The molecule has 0 amide bonds. The Morgan fingerprint density at radius 3 is 2.92 bits per heavy atom. The predicted molar refractivity (Wildman–Crippen MR) is 101 cm³/mol. The lowest BCUT2D eigenvalue weighted by Gasteiger charge is -2.23. The van der Waals surface area contributed by atoms with Gasteiger partial charge >= 0.3 is 0 Å². The molecule has 0 saturated carbocycles. The Kier molecular flexibility index (Phi) is 4.74. The summed E-state index contributed by atoms with van der Waals surface area (Å²) in [6.45, 7) is 5.99. The number of hydrogen-bond acceptors (Lipinski definition) is 8. The van der Waals surface area contributed by atoms with Crippen molar-refractivity contribution >= 4 is 33.6 Å². The van der Waals surface area contributed by atoms with E-state index in [4.69, 9.17) is 9.97 Å². The van der Waals surface area contributed by atoms with E-state index in [1.807, 2.05) is 18.4 Å². The van der Waals surface area contributed by atoms with Crippen LogP contribution in [0.15, 0.2) is 23.0 Å². The van der Waals surface area contributed by atoms with Crippen molar-refractivity contribution in [1.82, 2.24) is 24.8 Å². The zero-order valence-electron chi connectivity index (χ0n) is 14.3. The van der Waals surface area contributed by atoms with Crippen molar-refractivity contribution in [3.05, 3.63) is 45.2 Å². The number of nitrogens with zero attached hydrogens (tertiary/aromatic N) is 5. The Balaban J connectivity index is 1.56. The third kappa shape index (κ3) is 3.86. The normalized spacial score (nSPS) is 17.9. The van der Waals surface area contributed by atoms with Crippen LogP contribution in [0.5, 0.6) is 0 Å². The van der Waals surface area contributed by atoms with Gasteiger partial charge in [-0.2, -0.15) is 0 Å². The summed E-state index contributed by atoms with van der Waals surface area (Å²) >= 11 is 3.27. The van der Waals surface area contributed by atoms with Gasteiger partial charge in [-0.05, 0) is 33.2 Å². The number of likely N-dealkylation sites (tertiary alicyclic amines) is 1. The molecule has 4 rings (SSSR count). The van der Waals surface area contributed by atoms with Gasteiger partial charge < -0.3 is 5.32 Å². The summed E-state index contributed by atoms with van der Waals surface area (Å²) < 4.78 is 0. The first-order valence-corrected chi connectivity index (χ1v) is 10.1. The van der Waals surface area contributed by atoms with Crippen molar-refractivity contribution < 1.29 is 0 Å². The van der Waals surface area contributed by atoms with Crippen molar-refractivity contribution in [2.75, 3.05) is 11.9 Å². The molecule has 3 aromatic heterocycles. The first-order chi connectivity index (χ1) is 12.2. The van der Waals surface area contributed by atoms with Crippen molar-refractivity contribution in [3.8, 4) is 0 Å². The van der Waals surface area contributed by atoms with E-state index in [1.54, 1.807) is 28.9 Å². The first kappa shape index (κ1) is 16.6. The van der Waals surface area contributed by atoms with Crippen LogP contribution in [-0.4, -0.2) is 31.4 Å². The average molecular weight is 373 g/mol. The second-order valence-corrected chi connectivity index (χ2v) is 8.16. The van der Waals surface area contributed by atoms with Crippen LogP contribution in [0, 0.1) is 13.8 Å². The van der Waals surface area contributed by atoms with Gasteiger partial charge in [0.25, 0.3) is 0 Å². The summed E-state index contributed by atoms with van der Waals surface area (Å²) in [6.07, 6.45) is 4.04. The van der Waals surface area contributed by atoms with Crippen molar-refractivity contribution in [2.45, 2.75) is 39.3 Å². The van der Waals surface area contributed by atoms with Crippen molar-refractivity contribution in [3.63, 3.8) is 0 Å². The highest BCUT2D eigenvalue weighted by atomic mass is 32.1. The number of aryl methyl sites for hydroxylation is 2. The third-order valence-electron chi connectivity index (χ3n) is 4.23. The lowest BCUT2D eigenvalue weighted by Crippen LogP contribution is -2.24. The van der Waals surface area contributed by atoms with Gasteiger partial charge in [0, 0.05) is 35.3 Å². The maximum Gasteiger partial charge on any atom is 0.188 e. The third-order valence-corrected chi connectivity index (χ3v) is 5.74. The predicted octanol–water partition coefficient (Wildman–Crippen LogP) is 4.09. The van der Waals surface area contributed by atoms with E-state index < -0.39 is 0 Å². The minimum atomic E-state index is 0.249. The van der Waals surface area contributed by atoms with Gasteiger partial charge in [-0.25, -0.2) is 19.9 Å². The van der Waals surface area contributed by atoms with Crippen molar-refractivity contribution in [1.29, 1.82) is 0 Å². The van der Waals surface area contributed by atoms with Gasteiger partial charge in [0.05, 0.1) is 16.7 Å². The van der Waals surface area contributed by atoms with Crippen LogP contribution in [0.4, 0.5) is 10.9 Å². The zero-order chi connectivity index (χ0) is 17.2. The zero-order valence-corrected chi connectivity index (χ0v) is 15.9. The van der Waals surface area contributed by atoms with Gasteiger partial charge in [-0.15, -0.1) is 22.7 Å². The number of thiazole rings is 2. The lowest BCUT2D eigenvalue weighted by atomic mass is 10.2. The Morgan fingerprint density at radius 2 is 2.16 bits per heavy atom. The van der Waals surface area contributed by atoms with Crippen LogP contribution in [0.3, 0.4) is 0 Å². The molecule has 1 aliphatic heterocycles. The summed E-state index contributed by atoms with van der Waals surface area (Å²) in [5.74, 6) is 1.71. The van der Waals surface area contributed by atoms with Gasteiger partial charge in [0.1, 0.15) is 11.6 Å². The molecule has 3 aromatic rings. The molecule has 1 saturated heterocycles. The smallest absolute Gasteiger partial charge is 0.188 e. The van der Waals surface area contributed by atoms with E-state index in [9.17, 15) is 0 Å². The van der Waals surface area contributed by atoms with E-state index in [1.165, 1.54) is 6.42 Å². The molecule has 4 heterocycles.